The lowest BCUT2D eigenvalue weighted by Crippen LogP contribution is -2.16. The number of nitrogens with two attached hydrogens (primary N) is 1. The summed E-state index contributed by atoms with van der Waals surface area (Å²) >= 11 is 1.59. The van der Waals surface area contributed by atoms with E-state index in [4.69, 9.17) is 5.73 Å². The van der Waals surface area contributed by atoms with Gasteiger partial charge in [-0.15, -0.1) is 0 Å². The number of hydrogen-bond acceptors (Lipinski definition) is 4. The number of rotatable bonds is 6. The second kappa shape index (κ2) is 6.59. The molecule has 0 aliphatic rings. The summed E-state index contributed by atoms with van der Waals surface area (Å²) in [7, 11) is -2.86. The fraction of sp³-hybridized carbons (Fsp3) is 0.538. The van der Waals surface area contributed by atoms with Crippen LogP contribution >= 0.6 is 11.8 Å². The van der Waals surface area contributed by atoms with E-state index >= 15 is 0 Å². The maximum atomic E-state index is 11.0. The van der Waals surface area contributed by atoms with E-state index in [0.717, 1.165) is 11.3 Å². The van der Waals surface area contributed by atoms with Crippen LogP contribution in [0.2, 0.25) is 0 Å². The Morgan fingerprint density at radius 2 is 2.00 bits per heavy atom. The summed E-state index contributed by atoms with van der Waals surface area (Å²) in [6, 6.07) is 6.22. The maximum absolute atomic E-state index is 11.0. The van der Waals surface area contributed by atoms with Gasteiger partial charge in [-0.1, -0.05) is 23.8 Å². The molecule has 5 heteroatoms. The van der Waals surface area contributed by atoms with Gasteiger partial charge >= 0.3 is 0 Å². The molecule has 0 aliphatic heterocycles. The standard InChI is InChI=1S/C13H21NO2S2/c1-10-4-5-11(2)12(8-10)13(14)9-17-6-7-18(3,15)16/h4-5,8,13H,6-7,9,14H2,1-3H3. The first kappa shape index (κ1) is 15.5. The van der Waals surface area contributed by atoms with Gasteiger partial charge in [0, 0.05) is 23.8 Å². The van der Waals surface area contributed by atoms with Gasteiger partial charge in [-0.25, -0.2) is 8.42 Å². The van der Waals surface area contributed by atoms with Crippen molar-refractivity contribution in [3.8, 4) is 0 Å². The van der Waals surface area contributed by atoms with Crippen LogP contribution in [-0.2, 0) is 9.84 Å². The van der Waals surface area contributed by atoms with Gasteiger partial charge in [0.15, 0.2) is 0 Å². The van der Waals surface area contributed by atoms with Gasteiger partial charge in [0.05, 0.1) is 5.75 Å². The lowest BCUT2D eigenvalue weighted by molar-refractivity contribution is 0.603. The highest BCUT2D eigenvalue weighted by atomic mass is 32.2. The van der Waals surface area contributed by atoms with Crippen LogP contribution in [0.25, 0.3) is 0 Å². The molecule has 0 aliphatic carbocycles. The van der Waals surface area contributed by atoms with E-state index < -0.39 is 9.84 Å². The number of aryl methyl sites for hydroxylation is 2. The van der Waals surface area contributed by atoms with Gasteiger partial charge in [0.2, 0.25) is 0 Å². The third kappa shape index (κ3) is 5.42. The molecule has 102 valence electrons. The van der Waals surface area contributed by atoms with E-state index in [1.54, 1.807) is 11.8 Å². The van der Waals surface area contributed by atoms with Crippen LogP contribution in [0.4, 0.5) is 0 Å². The van der Waals surface area contributed by atoms with Crippen LogP contribution in [0, 0.1) is 13.8 Å². The number of benzene rings is 1. The van der Waals surface area contributed by atoms with E-state index in [-0.39, 0.29) is 11.8 Å². The lowest BCUT2D eigenvalue weighted by Gasteiger charge is -2.15. The molecular weight excluding hydrogens is 266 g/mol. The van der Waals surface area contributed by atoms with E-state index in [1.165, 1.54) is 17.4 Å². The zero-order valence-electron chi connectivity index (χ0n) is 11.1. The minimum atomic E-state index is -2.86. The topological polar surface area (TPSA) is 60.2 Å². The van der Waals surface area contributed by atoms with Gasteiger partial charge in [-0.05, 0) is 25.0 Å². The molecule has 0 bridgehead atoms. The predicted octanol–water partition coefficient (Wildman–Crippen LogP) is 2.08. The highest BCUT2D eigenvalue weighted by molar-refractivity contribution is 8.00. The molecule has 0 fully saturated rings. The molecule has 0 aromatic heterocycles. The minimum absolute atomic E-state index is 0.0329. The van der Waals surface area contributed by atoms with Crippen LogP contribution in [0.1, 0.15) is 22.7 Å². The summed E-state index contributed by atoms with van der Waals surface area (Å²) in [6.07, 6.45) is 1.26. The predicted molar refractivity (Wildman–Crippen MR) is 79.9 cm³/mol. The van der Waals surface area contributed by atoms with E-state index in [2.05, 4.69) is 25.1 Å². The summed E-state index contributed by atoms with van der Waals surface area (Å²) in [6.45, 7) is 4.10. The molecule has 1 aromatic rings. The van der Waals surface area contributed by atoms with Gasteiger partial charge in [0.25, 0.3) is 0 Å². The van der Waals surface area contributed by atoms with Crippen molar-refractivity contribution in [2.24, 2.45) is 5.73 Å². The Labute approximate surface area is 114 Å². The third-order valence-electron chi connectivity index (χ3n) is 2.73. The van der Waals surface area contributed by atoms with E-state index in [9.17, 15) is 8.42 Å². The van der Waals surface area contributed by atoms with Crippen molar-refractivity contribution in [2.45, 2.75) is 19.9 Å². The van der Waals surface area contributed by atoms with Gasteiger partial charge in [-0.2, -0.15) is 11.8 Å². The van der Waals surface area contributed by atoms with Crippen LogP contribution in [0.15, 0.2) is 18.2 Å². The van der Waals surface area contributed by atoms with Crippen molar-refractivity contribution in [2.75, 3.05) is 23.5 Å². The molecule has 1 atom stereocenters. The highest BCUT2D eigenvalue weighted by Gasteiger charge is 2.10. The van der Waals surface area contributed by atoms with Gasteiger partial charge in [0.1, 0.15) is 9.84 Å². The molecule has 18 heavy (non-hydrogen) atoms. The highest BCUT2D eigenvalue weighted by Crippen LogP contribution is 2.21. The van der Waals surface area contributed by atoms with E-state index in [0.29, 0.717) is 5.75 Å². The van der Waals surface area contributed by atoms with E-state index in [1.807, 2.05) is 6.92 Å². The Morgan fingerprint density at radius 1 is 1.33 bits per heavy atom. The Hall–Kier alpha value is -0.520. The first-order valence-electron chi connectivity index (χ1n) is 5.88. The molecule has 0 spiro atoms. The van der Waals surface area contributed by atoms with Crippen molar-refractivity contribution in [3.05, 3.63) is 34.9 Å². The van der Waals surface area contributed by atoms with Gasteiger partial charge in [-0.3, -0.25) is 0 Å². The lowest BCUT2D eigenvalue weighted by atomic mass is 10.0. The summed E-state index contributed by atoms with van der Waals surface area (Å²) in [4.78, 5) is 0. The summed E-state index contributed by atoms with van der Waals surface area (Å²) in [5.74, 6) is 1.58. The molecule has 0 radical (unpaired) electrons. The Kier molecular flexibility index (Phi) is 5.69. The molecule has 0 heterocycles. The van der Waals surface area contributed by atoms with Crippen molar-refractivity contribution in [1.29, 1.82) is 0 Å². The molecule has 0 saturated carbocycles. The second-order valence-electron chi connectivity index (χ2n) is 4.67. The number of sulfone groups is 1. The van der Waals surface area contributed by atoms with Crippen molar-refractivity contribution in [3.63, 3.8) is 0 Å². The smallest absolute Gasteiger partial charge is 0.148 e. The molecule has 1 rings (SSSR count). The second-order valence-corrected chi connectivity index (χ2v) is 8.08. The first-order valence-corrected chi connectivity index (χ1v) is 9.09. The molecule has 0 amide bonds. The van der Waals surface area contributed by atoms with Crippen molar-refractivity contribution < 1.29 is 8.42 Å². The average molecular weight is 287 g/mol. The Morgan fingerprint density at radius 3 is 2.61 bits per heavy atom. The van der Waals surface area contributed by atoms with Crippen molar-refractivity contribution in [1.82, 2.24) is 0 Å². The van der Waals surface area contributed by atoms with Crippen LogP contribution in [0.5, 0.6) is 0 Å². The largest absolute Gasteiger partial charge is 0.323 e. The normalized spacial score (nSPS) is 13.6. The number of hydrogen-bond donors (Lipinski definition) is 1. The maximum Gasteiger partial charge on any atom is 0.148 e. The molecule has 0 saturated heterocycles. The molecule has 2 N–H and O–H groups in total. The molecule has 3 nitrogen and oxygen atoms in total. The Balaban J connectivity index is 2.50. The van der Waals surface area contributed by atoms with Crippen LogP contribution in [-0.4, -0.2) is 31.9 Å². The minimum Gasteiger partial charge on any atom is -0.323 e. The monoisotopic (exact) mass is 287 g/mol. The van der Waals surface area contributed by atoms with Crippen LogP contribution < -0.4 is 5.73 Å². The zero-order valence-corrected chi connectivity index (χ0v) is 12.8. The average Bonchev–Trinajstić information content (AvgIpc) is 2.26. The molecular formula is C13H21NO2S2. The third-order valence-corrected chi connectivity index (χ3v) is 5.02. The Bertz CT molecular complexity index is 498. The first-order chi connectivity index (χ1) is 8.29. The van der Waals surface area contributed by atoms with Crippen molar-refractivity contribution >= 4 is 21.6 Å². The van der Waals surface area contributed by atoms with Crippen LogP contribution in [0.3, 0.4) is 0 Å². The zero-order chi connectivity index (χ0) is 13.8. The molecule has 1 unspecified atom stereocenters. The summed E-state index contributed by atoms with van der Waals surface area (Å²) < 4.78 is 22.0. The molecule has 1 aromatic carbocycles. The number of thioether (sulfide) groups is 1. The van der Waals surface area contributed by atoms with Gasteiger partial charge < -0.3 is 5.73 Å². The summed E-state index contributed by atoms with van der Waals surface area (Å²) in [5, 5.41) is 0. The fourth-order valence-electron chi connectivity index (χ4n) is 1.67. The summed E-state index contributed by atoms with van der Waals surface area (Å²) in [5.41, 5.74) is 9.69. The quantitative estimate of drug-likeness (QED) is 0.814. The SMILES string of the molecule is Cc1ccc(C)c(C(N)CSCCS(C)(=O)=O)c1. The fourth-order valence-corrected chi connectivity index (χ4v) is 3.95.